The molecule has 0 aromatic carbocycles. The Kier molecular flexibility index (Phi) is 4.16. The summed E-state index contributed by atoms with van der Waals surface area (Å²) in [5, 5.41) is 9.15. The number of aliphatic hydroxyl groups is 1. The van der Waals surface area contributed by atoms with Crippen LogP contribution in [0.15, 0.2) is 0 Å². The summed E-state index contributed by atoms with van der Waals surface area (Å²) in [4.78, 5) is 4.74. The molecule has 1 fully saturated rings. The molecule has 1 heterocycles. The third-order valence-electron chi connectivity index (χ3n) is 2.84. The third kappa shape index (κ3) is 3.63. The van der Waals surface area contributed by atoms with Gasteiger partial charge in [0.2, 0.25) is 0 Å². The number of nitrogens with zero attached hydrogens (tertiary/aromatic N) is 2. The Morgan fingerprint density at radius 3 is 2.69 bits per heavy atom. The summed E-state index contributed by atoms with van der Waals surface area (Å²) < 4.78 is 0. The molecule has 3 heteroatoms. The molecule has 1 aliphatic rings. The molecule has 0 aliphatic carbocycles. The van der Waals surface area contributed by atoms with Crippen molar-refractivity contribution in [3.8, 4) is 0 Å². The van der Waals surface area contributed by atoms with E-state index in [2.05, 4.69) is 23.9 Å². The smallest absolute Gasteiger partial charge is 0.0524 e. The standard InChI is InChI=1S/C10H22N2O/c1-9(13)4-6-12-7-5-10(8-12)11(2)3/h9-10,13H,4-8H2,1-3H3. The summed E-state index contributed by atoms with van der Waals surface area (Å²) >= 11 is 0. The molecule has 0 aromatic heterocycles. The van der Waals surface area contributed by atoms with Crippen molar-refractivity contribution in [3.05, 3.63) is 0 Å². The second-order valence-corrected chi connectivity index (χ2v) is 4.34. The number of likely N-dealkylation sites (tertiary alicyclic amines) is 1. The molecule has 2 atom stereocenters. The first kappa shape index (κ1) is 11.0. The van der Waals surface area contributed by atoms with Crippen LogP contribution in [0.5, 0.6) is 0 Å². The monoisotopic (exact) mass is 186 g/mol. The van der Waals surface area contributed by atoms with E-state index < -0.39 is 0 Å². The van der Waals surface area contributed by atoms with Crippen LogP contribution < -0.4 is 0 Å². The Bertz CT molecular complexity index is 148. The van der Waals surface area contributed by atoms with Gasteiger partial charge in [-0.15, -0.1) is 0 Å². The van der Waals surface area contributed by atoms with Crippen molar-refractivity contribution >= 4 is 0 Å². The van der Waals surface area contributed by atoms with Gasteiger partial charge in [0.15, 0.2) is 0 Å². The number of aliphatic hydroxyl groups excluding tert-OH is 1. The van der Waals surface area contributed by atoms with E-state index in [0.717, 1.165) is 13.0 Å². The molecule has 78 valence electrons. The maximum atomic E-state index is 9.15. The highest BCUT2D eigenvalue weighted by molar-refractivity contribution is 4.80. The van der Waals surface area contributed by atoms with E-state index in [1.54, 1.807) is 0 Å². The van der Waals surface area contributed by atoms with Gasteiger partial charge < -0.3 is 14.9 Å². The van der Waals surface area contributed by atoms with Crippen LogP contribution in [-0.4, -0.2) is 60.8 Å². The molecule has 1 saturated heterocycles. The van der Waals surface area contributed by atoms with Crippen LogP contribution in [0, 0.1) is 0 Å². The fraction of sp³-hybridized carbons (Fsp3) is 1.00. The zero-order valence-corrected chi connectivity index (χ0v) is 9.03. The van der Waals surface area contributed by atoms with Crippen LogP contribution in [0.25, 0.3) is 0 Å². The predicted octanol–water partition coefficient (Wildman–Crippen LogP) is 0.393. The summed E-state index contributed by atoms with van der Waals surface area (Å²) in [6.45, 7) is 5.26. The topological polar surface area (TPSA) is 26.7 Å². The van der Waals surface area contributed by atoms with Gasteiger partial charge in [0.25, 0.3) is 0 Å². The van der Waals surface area contributed by atoms with E-state index in [9.17, 15) is 0 Å². The highest BCUT2D eigenvalue weighted by Gasteiger charge is 2.23. The van der Waals surface area contributed by atoms with E-state index in [0.29, 0.717) is 6.04 Å². The maximum absolute atomic E-state index is 9.15. The molecule has 3 nitrogen and oxygen atoms in total. The zero-order chi connectivity index (χ0) is 9.84. The van der Waals surface area contributed by atoms with Crippen LogP contribution in [0.1, 0.15) is 19.8 Å². The molecular weight excluding hydrogens is 164 g/mol. The van der Waals surface area contributed by atoms with Crippen molar-refractivity contribution in [1.29, 1.82) is 0 Å². The lowest BCUT2D eigenvalue weighted by Crippen LogP contribution is -2.32. The van der Waals surface area contributed by atoms with E-state index in [-0.39, 0.29) is 6.10 Å². The maximum Gasteiger partial charge on any atom is 0.0524 e. The molecule has 0 aromatic rings. The Morgan fingerprint density at radius 2 is 2.23 bits per heavy atom. The molecule has 13 heavy (non-hydrogen) atoms. The van der Waals surface area contributed by atoms with Gasteiger partial charge in [-0.3, -0.25) is 0 Å². The SMILES string of the molecule is CC(O)CCN1CCC(N(C)C)C1. The quantitative estimate of drug-likeness (QED) is 0.688. The zero-order valence-electron chi connectivity index (χ0n) is 9.03. The molecule has 0 amide bonds. The molecular formula is C10H22N2O. The number of rotatable bonds is 4. The molecule has 0 bridgehead atoms. The normalized spacial score (nSPS) is 27.0. The van der Waals surface area contributed by atoms with Gasteiger partial charge in [-0.1, -0.05) is 0 Å². The fourth-order valence-corrected chi connectivity index (χ4v) is 1.81. The van der Waals surface area contributed by atoms with E-state index in [1.807, 2.05) is 6.92 Å². The molecule has 0 radical (unpaired) electrons. The highest BCUT2D eigenvalue weighted by atomic mass is 16.3. The van der Waals surface area contributed by atoms with Gasteiger partial charge in [-0.25, -0.2) is 0 Å². The Hall–Kier alpha value is -0.120. The van der Waals surface area contributed by atoms with E-state index in [4.69, 9.17) is 5.11 Å². The first-order valence-corrected chi connectivity index (χ1v) is 5.16. The lowest BCUT2D eigenvalue weighted by molar-refractivity contribution is 0.161. The van der Waals surface area contributed by atoms with Gasteiger partial charge in [0, 0.05) is 19.1 Å². The minimum atomic E-state index is -0.154. The average molecular weight is 186 g/mol. The minimum absolute atomic E-state index is 0.154. The minimum Gasteiger partial charge on any atom is -0.393 e. The predicted molar refractivity (Wildman–Crippen MR) is 54.8 cm³/mol. The van der Waals surface area contributed by atoms with Gasteiger partial charge in [-0.05, 0) is 40.4 Å². The van der Waals surface area contributed by atoms with Crippen LogP contribution >= 0.6 is 0 Å². The second kappa shape index (κ2) is 4.94. The van der Waals surface area contributed by atoms with Crippen LogP contribution in [0.2, 0.25) is 0 Å². The van der Waals surface area contributed by atoms with Gasteiger partial charge >= 0.3 is 0 Å². The van der Waals surface area contributed by atoms with Crippen molar-refractivity contribution < 1.29 is 5.11 Å². The van der Waals surface area contributed by atoms with Crippen LogP contribution in [0.4, 0.5) is 0 Å². The summed E-state index contributed by atoms with van der Waals surface area (Å²) in [7, 11) is 4.28. The first-order chi connectivity index (χ1) is 6.09. The molecule has 1 aliphatic heterocycles. The van der Waals surface area contributed by atoms with Gasteiger partial charge in [-0.2, -0.15) is 0 Å². The van der Waals surface area contributed by atoms with Crippen LogP contribution in [0.3, 0.4) is 0 Å². The van der Waals surface area contributed by atoms with E-state index in [1.165, 1.54) is 19.5 Å². The molecule has 2 unspecified atom stereocenters. The molecule has 1 N–H and O–H groups in total. The van der Waals surface area contributed by atoms with Crippen molar-refractivity contribution in [3.63, 3.8) is 0 Å². The Labute approximate surface area is 81.3 Å². The fourth-order valence-electron chi connectivity index (χ4n) is 1.81. The lowest BCUT2D eigenvalue weighted by Gasteiger charge is -2.20. The number of hydrogen-bond acceptors (Lipinski definition) is 3. The first-order valence-electron chi connectivity index (χ1n) is 5.16. The van der Waals surface area contributed by atoms with Crippen molar-refractivity contribution in [2.75, 3.05) is 33.7 Å². The van der Waals surface area contributed by atoms with Crippen LogP contribution in [-0.2, 0) is 0 Å². The van der Waals surface area contributed by atoms with Crippen molar-refractivity contribution in [2.45, 2.75) is 31.9 Å². The highest BCUT2D eigenvalue weighted by Crippen LogP contribution is 2.13. The van der Waals surface area contributed by atoms with Gasteiger partial charge in [0.1, 0.15) is 0 Å². The summed E-state index contributed by atoms with van der Waals surface area (Å²) in [5.74, 6) is 0. The number of likely N-dealkylation sites (N-methyl/N-ethyl adjacent to an activating group) is 1. The summed E-state index contributed by atoms with van der Waals surface area (Å²) in [6.07, 6.45) is 2.02. The summed E-state index contributed by atoms with van der Waals surface area (Å²) in [6, 6.07) is 0.717. The summed E-state index contributed by atoms with van der Waals surface area (Å²) in [5.41, 5.74) is 0. The Morgan fingerprint density at radius 1 is 1.54 bits per heavy atom. The molecule has 0 saturated carbocycles. The molecule has 1 rings (SSSR count). The third-order valence-corrected chi connectivity index (χ3v) is 2.84. The number of hydrogen-bond donors (Lipinski definition) is 1. The van der Waals surface area contributed by atoms with Gasteiger partial charge in [0.05, 0.1) is 6.10 Å². The molecule has 0 spiro atoms. The Balaban J connectivity index is 2.17. The second-order valence-electron chi connectivity index (χ2n) is 4.34. The largest absolute Gasteiger partial charge is 0.393 e. The van der Waals surface area contributed by atoms with E-state index >= 15 is 0 Å². The average Bonchev–Trinajstić information content (AvgIpc) is 2.48. The van der Waals surface area contributed by atoms with Crippen molar-refractivity contribution in [1.82, 2.24) is 9.80 Å². The van der Waals surface area contributed by atoms with Crippen molar-refractivity contribution in [2.24, 2.45) is 0 Å². The lowest BCUT2D eigenvalue weighted by atomic mass is 10.2.